The lowest BCUT2D eigenvalue weighted by molar-refractivity contribution is 1.41. The summed E-state index contributed by atoms with van der Waals surface area (Å²) in [5, 5.41) is 1.13. The smallest absolute Gasteiger partial charge is 0.119 e. The molecule has 66 valence electrons. The molecule has 2 heteroatoms. The van der Waals surface area contributed by atoms with Gasteiger partial charge in [0.25, 0.3) is 0 Å². The minimum absolute atomic E-state index is 1.10. The van der Waals surface area contributed by atoms with Crippen molar-refractivity contribution < 1.29 is 0 Å². The van der Waals surface area contributed by atoms with Gasteiger partial charge in [-0.05, 0) is 31.6 Å². The summed E-state index contributed by atoms with van der Waals surface area (Å²) in [6.07, 6.45) is 2.09. The van der Waals surface area contributed by atoms with E-state index < -0.39 is 0 Å². The number of nitrogens with zero attached hydrogens (tertiary/aromatic N) is 1. The number of para-hydroxylation sites is 1. The predicted molar refractivity (Wildman–Crippen MR) is 58.9 cm³/mol. The van der Waals surface area contributed by atoms with Crippen LogP contribution >= 0.6 is 11.3 Å². The van der Waals surface area contributed by atoms with Gasteiger partial charge in [0.05, 0.1) is 10.2 Å². The van der Waals surface area contributed by atoms with E-state index in [2.05, 4.69) is 36.2 Å². The van der Waals surface area contributed by atoms with Crippen molar-refractivity contribution in [2.75, 3.05) is 0 Å². The molecule has 0 aliphatic carbocycles. The fourth-order valence-electron chi connectivity index (χ4n) is 1.16. The van der Waals surface area contributed by atoms with Gasteiger partial charge in [-0.1, -0.05) is 18.2 Å². The quantitative estimate of drug-likeness (QED) is 0.666. The van der Waals surface area contributed by atoms with E-state index in [0.29, 0.717) is 0 Å². The van der Waals surface area contributed by atoms with E-state index in [4.69, 9.17) is 0 Å². The first-order valence-electron chi connectivity index (χ1n) is 4.30. The van der Waals surface area contributed by atoms with Crippen LogP contribution < -0.4 is 0 Å². The number of thiazole rings is 1. The van der Waals surface area contributed by atoms with Gasteiger partial charge in [-0.15, -0.1) is 11.3 Å². The summed E-state index contributed by atoms with van der Waals surface area (Å²) in [4.78, 5) is 4.53. The fourth-order valence-corrected chi connectivity index (χ4v) is 2.16. The minimum Gasteiger partial charge on any atom is -0.236 e. The third-order valence-electron chi connectivity index (χ3n) is 2.06. The van der Waals surface area contributed by atoms with Gasteiger partial charge in [0, 0.05) is 0 Å². The predicted octanol–water partition coefficient (Wildman–Crippen LogP) is 3.72. The fraction of sp³-hybridized carbons (Fsp3) is 0.182. The topological polar surface area (TPSA) is 12.9 Å². The van der Waals surface area contributed by atoms with Gasteiger partial charge in [0.15, 0.2) is 0 Å². The summed E-state index contributed by atoms with van der Waals surface area (Å²) in [6.45, 7) is 4.14. The third-order valence-corrected chi connectivity index (χ3v) is 3.24. The van der Waals surface area contributed by atoms with Gasteiger partial charge in [0.2, 0.25) is 0 Å². The number of aromatic nitrogens is 1. The van der Waals surface area contributed by atoms with Crippen LogP contribution in [0.15, 0.2) is 30.3 Å². The highest BCUT2D eigenvalue weighted by atomic mass is 32.1. The summed E-state index contributed by atoms with van der Waals surface area (Å²) in [5.41, 5.74) is 2.35. The van der Waals surface area contributed by atoms with Gasteiger partial charge in [0.1, 0.15) is 5.01 Å². The summed E-state index contributed by atoms with van der Waals surface area (Å²) < 4.78 is 1.26. The van der Waals surface area contributed by atoms with Crippen LogP contribution in [0.3, 0.4) is 0 Å². The van der Waals surface area contributed by atoms with Crippen LogP contribution in [0.25, 0.3) is 15.8 Å². The minimum atomic E-state index is 1.10. The summed E-state index contributed by atoms with van der Waals surface area (Å²) >= 11 is 1.75. The maximum absolute atomic E-state index is 4.53. The van der Waals surface area contributed by atoms with E-state index >= 15 is 0 Å². The average Bonchev–Trinajstić information content (AvgIpc) is 2.59. The Bertz CT molecular complexity index is 421. The molecule has 0 atom stereocenters. The lowest BCUT2D eigenvalue weighted by Crippen LogP contribution is -1.74. The molecule has 0 unspecified atom stereocenters. The highest BCUT2D eigenvalue weighted by Gasteiger charge is 2.02. The molecule has 0 aliphatic rings. The van der Waals surface area contributed by atoms with Crippen LogP contribution in [-0.4, -0.2) is 4.98 Å². The summed E-state index contributed by atoms with van der Waals surface area (Å²) in [7, 11) is 0. The van der Waals surface area contributed by atoms with E-state index in [1.165, 1.54) is 10.3 Å². The lowest BCUT2D eigenvalue weighted by Gasteiger charge is -1.89. The Morgan fingerprint density at radius 3 is 2.85 bits per heavy atom. The van der Waals surface area contributed by atoms with Crippen LogP contribution in [0, 0.1) is 0 Å². The van der Waals surface area contributed by atoms with Crippen molar-refractivity contribution in [3.63, 3.8) is 0 Å². The van der Waals surface area contributed by atoms with Crippen LogP contribution in [0.1, 0.15) is 18.9 Å². The van der Waals surface area contributed by atoms with E-state index in [-0.39, 0.29) is 0 Å². The monoisotopic (exact) mass is 189 g/mol. The normalized spacial score (nSPS) is 12.3. The molecule has 0 saturated heterocycles. The van der Waals surface area contributed by atoms with Gasteiger partial charge in [-0.3, -0.25) is 0 Å². The first-order valence-corrected chi connectivity index (χ1v) is 5.12. The molecule has 1 nitrogen and oxygen atoms in total. The molecule has 1 aromatic carbocycles. The van der Waals surface area contributed by atoms with Crippen LogP contribution in [0.4, 0.5) is 0 Å². The maximum Gasteiger partial charge on any atom is 0.119 e. The van der Waals surface area contributed by atoms with Crippen molar-refractivity contribution in [2.24, 2.45) is 0 Å². The van der Waals surface area contributed by atoms with Crippen LogP contribution in [0.5, 0.6) is 0 Å². The average molecular weight is 189 g/mol. The van der Waals surface area contributed by atoms with Crippen LogP contribution in [0.2, 0.25) is 0 Å². The molecular weight excluding hydrogens is 178 g/mol. The van der Waals surface area contributed by atoms with Crippen molar-refractivity contribution in [1.29, 1.82) is 0 Å². The second-order valence-electron chi connectivity index (χ2n) is 2.96. The van der Waals surface area contributed by atoms with Gasteiger partial charge < -0.3 is 0 Å². The Labute approximate surface area is 81.7 Å². The Hall–Kier alpha value is -1.15. The molecule has 0 bridgehead atoms. The Morgan fingerprint density at radius 2 is 2.15 bits per heavy atom. The van der Waals surface area contributed by atoms with Crippen molar-refractivity contribution in [3.8, 4) is 0 Å². The van der Waals surface area contributed by atoms with Crippen molar-refractivity contribution in [1.82, 2.24) is 4.98 Å². The Kier molecular flexibility index (Phi) is 2.15. The molecule has 0 N–H and O–H groups in total. The maximum atomic E-state index is 4.53. The van der Waals surface area contributed by atoms with Crippen molar-refractivity contribution >= 4 is 27.1 Å². The number of fused-ring (bicyclic) bond motifs is 1. The zero-order valence-corrected chi connectivity index (χ0v) is 8.56. The summed E-state index contributed by atoms with van der Waals surface area (Å²) in [5.74, 6) is 0. The molecule has 2 rings (SSSR count). The Balaban J connectivity index is 2.62. The van der Waals surface area contributed by atoms with Gasteiger partial charge in [-0.25, -0.2) is 4.98 Å². The zero-order chi connectivity index (χ0) is 9.26. The van der Waals surface area contributed by atoms with Crippen molar-refractivity contribution in [2.45, 2.75) is 13.8 Å². The first-order chi connectivity index (χ1) is 6.31. The number of hydrogen-bond donors (Lipinski definition) is 0. The standard InChI is InChI=1S/C11H11NS/c1-3-8(2)11-12-9-6-4-5-7-10(9)13-11/h3-7H,1-2H3/b8-3+. The molecule has 0 aliphatic heterocycles. The third kappa shape index (κ3) is 1.49. The van der Waals surface area contributed by atoms with E-state index in [0.717, 1.165) is 10.5 Å². The number of allylic oxidation sites excluding steroid dienone is 2. The largest absolute Gasteiger partial charge is 0.236 e. The van der Waals surface area contributed by atoms with E-state index in [9.17, 15) is 0 Å². The molecule has 1 aromatic heterocycles. The highest BCUT2D eigenvalue weighted by molar-refractivity contribution is 7.19. The molecule has 0 radical (unpaired) electrons. The second kappa shape index (κ2) is 3.30. The molecular formula is C11H11NS. The molecule has 0 saturated carbocycles. The second-order valence-corrected chi connectivity index (χ2v) is 3.99. The summed E-state index contributed by atoms with van der Waals surface area (Å²) in [6, 6.07) is 8.24. The van der Waals surface area contributed by atoms with Gasteiger partial charge in [-0.2, -0.15) is 0 Å². The van der Waals surface area contributed by atoms with Crippen LogP contribution in [-0.2, 0) is 0 Å². The number of rotatable bonds is 1. The Morgan fingerprint density at radius 1 is 1.38 bits per heavy atom. The molecule has 2 aromatic rings. The van der Waals surface area contributed by atoms with Gasteiger partial charge >= 0.3 is 0 Å². The number of hydrogen-bond acceptors (Lipinski definition) is 2. The number of benzene rings is 1. The molecule has 0 spiro atoms. The van der Waals surface area contributed by atoms with Crippen molar-refractivity contribution in [3.05, 3.63) is 35.3 Å². The molecule has 0 amide bonds. The lowest BCUT2D eigenvalue weighted by atomic mass is 10.3. The molecule has 0 fully saturated rings. The zero-order valence-electron chi connectivity index (χ0n) is 7.74. The first kappa shape index (κ1) is 8.45. The SMILES string of the molecule is C/C=C(\C)c1nc2ccccc2s1. The van der Waals surface area contributed by atoms with E-state index in [1.807, 2.05) is 13.0 Å². The molecule has 13 heavy (non-hydrogen) atoms. The highest BCUT2D eigenvalue weighted by Crippen LogP contribution is 2.26. The van der Waals surface area contributed by atoms with E-state index in [1.54, 1.807) is 11.3 Å². The molecule has 1 heterocycles.